The third-order valence-corrected chi connectivity index (χ3v) is 5.37. The van der Waals surface area contributed by atoms with Crippen LogP contribution in [0.5, 0.6) is 0 Å². The minimum Gasteiger partial charge on any atom is -0.340 e. The predicted octanol–water partition coefficient (Wildman–Crippen LogP) is 6.36. The van der Waals surface area contributed by atoms with Gasteiger partial charge in [-0.25, -0.2) is 4.98 Å². The molecule has 0 aliphatic rings. The average molecular weight is 385 g/mol. The van der Waals surface area contributed by atoms with E-state index in [9.17, 15) is 0 Å². The molecule has 1 N–H and O–H groups in total. The van der Waals surface area contributed by atoms with Crippen molar-refractivity contribution in [3.63, 3.8) is 0 Å². The number of fused-ring (bicyclic) bond motifs is 1. The van der Waals surface area contributed by atoms with Crippen molar-refractivity contribution in [1.82, 2.24) is 14.6 Å². The summed E-state index contributed by atoms with van der Waals surface area (Å²) in [4.78, 5) is 5.04. The molecule has 0 bridgehead atoms. The molecule has 0 saturated heterocycles. The number of aromatic nitrogens is 3. The van der Waals surface area contributed by atoms with E-state index in [-0.39, 0.29) is 5.41 Å². The van der Waals surface area contributed by atoms with Crippen molar-refractivity contribution in [3.8, 4) is 11.1 Å². The number of anilines is 2. The molecule has 2 heterocycles. The number of aryl methyl sites for hydroxylation is 3. The van der Waals surface area contributed by atoms with Crippen LogP contribution >= 0.6 is 0 Å². The first-order valence-electron chi connectivity index (χ1n) is 10.0. The number of rotatable bonds is 3. The van der Waals surface area contributed by atoms with Gasteiger partial charge >= 0.3 is 0 Å². The van der Waals surface area contributed by atoms with Crippen LogP contribution in [0.2, 0.25) is 0 Å². The van der Waals surface area contributed by atoms with Crippen molar-refractivity contribution in [2.45, 2.75) is 47.0 Å². The van der Waals surface area contributed by atoms with Gasteiger partial charge in [-0.15, -0.1) is 0 Å². The molecular weight excluding hydrogens is 356 g/mol. The molecule has 4 nitrogen and oxygen atoms in total. The van der Waals surface area contributed by atoms with Gasteiger partial charge in [-0.05, 0) is 49.6 Å². The van der Waals surface area contributed by atoms with Gasteiger partial charge in [-0.3, -0.25) is 0 Å². The molecule has 0 aliphatic heterocycles. The van der Waals surface area contributed by atoms with E-state index in [1.807, 2.05) is 17.5 Å². The van der Waals surface area contributed by atoms with Crippen LogP contribution in [0.25, 0.3) is 16.8 Å². The van der Waals surface area contributed by atoms with E-state index in [1.54, 1.807) is 0 Å². The van der Waals surface area contributed by atoms with Crippen LogP contribution in [0.3, 0.4) is 0 Å². The zero-order chi connectivity index (χ0) is 20.8. The molecule has 4 rings (SSSR count). The fourth-order valence-electron chi connectivity index (χ4n) is 3.51. The lowest BCUT2D eigenvalue weighted by Crippen LogP contribution is -2.16. The second-order valence-electron chi connectivity index (χ2n) is 8.76. The average Bonchev–Trinajstić information content (AvgIpc) is 3.01. The second-order valence-corrected chi connectivity index (χ2v) is 8.76. The Morgan fingerprint density at radius 2 is 1.59 bits per heavy atom. The highest BCUT2D eigenvalue weighted by atomic mass is 15.3. The lowest BCUT2D eigenvalue weighted by atomic mass is 9.92. The fourth-order valence-corrected chi connectivity index (χ4v) is 3.51. The van der Waals surface area contributed by atoms with Crippen LogP contribution in [0.4, 0.5) is 11.5 Å². The molecule has 148 valence electrons. The van der Waals surface area contributed by atoms with Crippen LogP contribution in [-0.2, 0) is 5.41 Å². The largest absolute Gasteiger partial charge is 0.340 e. The first-order chi connectivity index (χ1) is 13.7. The molecular formula is C25H28N4. The SMILES string of the molecule is Cc1ccc(Nc2cc(C(C)(C)C)nc3c(-c4ccccc4)c(C)nn23)cc1C. The summed E-state index contributed by atoms with van der Waals surface area (Å²) in [6.45, 7) is 12.9. The van der Waals surface area contributed by atoms with E-state index in [0.29, 0.717) is 0 Å². The number of hydrogen-bond donors (Lipinski definition) is 1. The monoisotopic (exact) mass is 384 g/mol. The number of benzene rings is 2. The number of nitrogens with one attached hydrogen (secondary N) is 1. The van der Waals surface area contributed by atoms with E-state index < -0.39 is 0 Å². The topological polar surface area (TPSA) is 42.2 Å². The van der Waals surface area contributed by atoms with Gasteiger partial charge < -0.3 is 5.32 Å². The van der Waals surface area contributed by atoms with Gasteiger partial charge in [-0.1, -0.05) is 57.2 Å². The Bertz CT molecular complexity index is 1180. The van der Waals surface area contributed by atoms with Gasteiger partial charge in [0.1, 0.15) is 5.82 Å². The maximum atomic E-state index is 5.04. The third kappa shape index (κ3) is 3.63. The lowest BCUT2D eigenvalue weighted by molar-refractivity contribution is 0.569. The quantitative estimate of drug-likeness (QED) is 0.447. The van der Waals surface area contributed by atoms with Gasteiger partial charge in [-0.2, -0.15) is 9.61 Å². The maximum Gasteiger partial charge on any atom is 0.165 e. The van der Waals surface area contributed by atoms with Crippen molar-refractivity contribution in [3.05, 3.63) is 77.1 Å². The molecule has 0 spiro atoms. The molecule has 0 amide bonds. The van der Waals surface area contributed by atoms with Crippen LogP contribution in [0.15, 0.2) is 54.6 Å². The van der Waals surface area contributed by atoms with Gasteiger partial charge in [0.2, 0.25) is 0 Å². The highest BCUT2D eigenvalue weighted by Crippen LogP contribution is 2.32. The van der Waals surface area contributed by atoms with E-state index >= 15 is 0 Å². The first kappa shape index (κ1) is 19.2. The van der Waals surface area contributed by atoms with E-state index in [1.165, 1.54) is 11.1 Å². The summed E-state index contributed by atoms with van der Waals surface area (Å²) in [6, 6.07) is 18.9. The van der Waals surface area contributed by atoms with Crippen molar-refractivity contribution >= 4 is 17.2 Å². The Balaban J connectivity index is 1.95. The molecule has 0 fully saturated rings. The Morgan fingerprint density at radius 3 is 2.24 bits per heavy atom. The Kier molecular flexibility index (Phi) is 4.65. The van der Waals surface area contributed by atoms with Crippen molar-refractivity contribution < 1.29 is 0 Å². The molecule has 29 heavy (non-hydrogen) atoms. The zero-order valence-corrected chi connectivity index (χ0v) is 18.0. The first-order valence-corrected chi connectivity index (χ1v) is 10.0. The maximum absolute atomic E-state index is 5.04. The van der Waals surface area contributed by atoms with Gasteiger partial charge in [0.25, 0.3) is 0 Å². The van der Waals surface area contributed by atoms with Crippen LogP contribution in [0.1, 0.15) is 43.3 Å². The highest BCUT2D eigenvalue weighted by Gasteiger charge is 2.22. The smallest absolute Gasteiger partial charge is 0.165 e. The minimum atomic E-state index is -0.0759. The van der Waals surface area contributed by atoms with Crippen molar-refractivity contribution in [1.29, 1.82) is 0 Å². The van der Waals surface area contributed by atoms with Crippen molar-refractivity contribution in [2.24, 2.45) is 0 Å². The number of nitrogens with zero attached hydrogens (tertiary/aromatic N) is 3. The molecule has 0 aliphatic carbocycles. The molecule has 0 radical (unpaired) electrons. The summed E-state index contributed by atoms with van der Waals surface area (Å²) in [6.07, 6.45) is 0. The summed E-state index contributed by atoms with van der Waals surface area (Å²) >= 11 is 0. The van der Waals surface area contributed by atoms with Crippen LogP contribution in [0, 0.1) is 20.8 Å². The minimum absolute atomic E-state index is 0.0759. The van der Waals surface area contributed by atoms with Crippen LogP contribution in [-0.4, -0.2) is 14.6 Å². The normalized spacial score (nSPS) is 11.8. The zero-order valence-electron chi connectivity index (χ0n) is 18.0. The number of hydrogen-bond acceptors (Lipinski definition) is 3. The van der Waals surface area contributed by atoms with E-state index in [2.05, 4.69) is 88.5 Å². The lowest BCUT2D eigenvalue weighted by Gasteiger charge is -2.20. The van der Waals surface area contributed by atoms with Gasteiger partial charge in [0.15, 0.2) is 5.65 Å². The molecule has 2 aromatic heterocycles. The Hall–Kier alpha value is -3.14. The predicted molar refractivity (Wildman–Crippen MR) is 121 cm³/mol. The summed E-state index contributed by atoms with van der Waals surface area (Å²) in [7, 11) is 0. The van der Waals surface area contributed by atoms with Gasteiger partial charge in [0, 0.05) is 22.7 Å². The van der Waals surface area contributed by atoms with E-state index in [0.717, 1.165) is 39.7 Å². The molecule has 2 aromatic carbocycles. The Morgan fingerprint density at radius 1 is 0.862 bits per heavy atom. The van der Waals surface area contributed by atoms with Crippen molar-refractivity contribution in [2.75, 3.05) is 5.32 Å². The molecule has 0 unspecified atom stereocenters. The fraction of sp³-hybridized carbons (Fsp3) is 0.280. The molecule has 4 heteroatoms. The molecule has 0 atom stereocenters. The molecule has 4 aromatic rings. The molecule has 0 saturated carbocycles. The van der Waals surface area contributed by atoms with E-state index in [4.69, 9.17) is 10.1 Å². The standard InChI is InChI=1S/C25H28N4/c1-16-12-13-20(14-17(16)2)26-22-15-21(25(4,5)6)27-24-23(18(3)28-29(22)24)19-10-8-7-9-11-19/h7-15,26H,1-6H3. The summed E-state index contributed by atoms with van der Waals surface area (Å²) < 4.78 is 1.93. The summed E-state index contributed by atoms with van der Waals surface area (Å²) in [5.74, 6) is 0.924. The third-order valence-electron chi connectivity index (χ3n) is 5.37. The Labute approximate surface area is 172 Å². The second kappa shape index (κ2) is 7.03. The summed E-state index contributed by atoms with van der Waals surface area (Å²) in [5, 5.41) is 8.42. The van der Waals surface area contributed by atoms with Crippen LogP contribution < -0.4 is 5.32 Å². The highest BCUT2D eigenvalue weighted by molar-refractivity contribution is 5.81. The van der Waals surface area contributed by atoms with Gasteiger partial charge in [0.05, 0.1) is 11.4 Å². The summed E-state index contributed by atoms with van der Waals surface area (Å²) in [5.41, 5.74) is 8.63.